The molecule has 0 spiro atoms. The lowest BCUT2D eigenvalue weighted by molar-refractivity contribution is -0.142. The van der Waals surface area contributed by atoms with Crippen molar-refractivity contribution >= 4 is 5.91 Å². The van der Waals surface area contributed by atoms with Crippen molar-refractivity contribution in [2.45, 2.75) is 45.7 Å². The van der Waals surface area contributed by atoms with Crippen molar-refractivity contribution in [1.82, 2.24) is 9.80 Å². The Morgan fingerprint density at radius 2 is 1.96 bits per heavy atom. The predicted octanol–water partition coefficient (Wildman–Crippen LogP) is 3.29. The minimum atomic E-state index is -0.224. The van der Waals surface area contributed by atoms with Crippen molar-refractivity contribution in [2.24, 2.45) is 11.8 Å². The monoisotopic (exact) mass is 318 g/mol. The number of rotatable bonds is 4. The van der Waals surface area contributed by atoms with E-state index in [0.29, 0.717) is 30.8 Å². The molecule has 2 fully saturated rings. The van der Waals surface area contributed by atoms with Crippen LogP contribution in [0.4, 0.5) is 4.39 Å². The second-order valence-corrected chi connectivity index (χ2v) is 7.46. The third-order valence-electron chi connectivity index (χ3n) is 5.12. The van der Waals surface area contributed by atoms with E-state index >= 15 is 0 Å². The molecule has 2 aliphatic rings. The molecule has 4 heteroatoms. The van der Waals surface area contributed by atoms with Crippen molar-refractivity contribution in [3.63, 3.8) is 0 Å². The lowest BCUT2D eigenvalue weighted by Gasteiger charge is -2.47. The summed E-state index contributed by atoms with van der Waals surface area (Å²) >= 11 is 0. The Hall–Kier alpha value is -1.42. The van der Waals surface area contributed by atoms with Crippen LogP contribution in [0.15, 0.2) is 24.3 Å². The predicted molar refractivity (Wildman–Crippen MR) is 89.4 cm³/mol. The molecule has 2 heterocycles. The number of benzene rings is 1. The highest BCUT2D eigenvalue weighted by atomic mass is 19.1. The Balaban J connectivity index is 1.68. The summed E-state index contributed by atoms with van der Waals surface area (Å²) in [5.74, 6) is 1.30. The van der Waals surface area contributed by atoms with Crippen LogP contribution in [0.25, 0.3) is 0 Å². The highest BCUT2D eigenvalue weighted by Crippen LogP contribution is 2.32. The average Bonchev–Trinajstić information content (AvgIpc) is 2.51. The molecule has 126 valence electrons. The van der Waals surface area contributed by atoms with Crippen LogP contribution in [0.1, 0.15) is 38.7 Å². The zero-order valence-corrected chi connectivity index (χ0v) is 14.2. The van der Waals surface area contributed by atoms with E-state index in [1.165, 1.54) is 12.1 Å². The van der Waals surface area contributed by atoms with Crippen molar-refractivity contribution < 1.29 is 9.18 Å². The van der Waals surface area contributed by atoms with E-state index in [9.17, 15) is 9.18 Å². The van der Waals surface area contributed by atoms with Gasteiger partial charge in [-0.25, -0.2) is 4.39 Å². The van der Waals surface area contributed by atoms with Gasteiger partial charge in [-0.1, -0.05) is 26.0 Å². The van der Waals surface area contributed by atoms with Crippen LogP contribution >= 0.6 is 0 Å². The fourth-order valence-corrected chi connectivity index (χ4v) is 4.10. The molecular formula is C19H27FN2O. The van der Waals surface area contributed by atoms with E-state index < -0.39 is 0 Å². The van der Waals surface area contributed by atoms with Gasteiger partial charge in [-0.05, 0) is 42.4 Å². The standard InChI is InChI=1S/C19H27FN2O/c1-14(2)11-21-10-9-18-16(13-21)5-8-19(23)22(18)12-15-3-6-17(20)7-4-15/h3-4,6-7,14,16,18H,5,8-13H2,1-2H3/t16-,18+/m0/s1. The van der Waals surface area contributed by atoms with Gasteiger partial charge in [0.15, 0.2) is 0 Å². The van der Waals surface area contributed by atoms with Gasteiger partial charge in [0.05, 0.1) is 0 Å². The van der Waals surface area contributed by atoms with Crippen LogP contribution in [0, 0.1) is 17.7 Å². The highest BCUT2D eigenvalue weighted by Gasteiger charge is 2.39. The largest absolute Gasteiger partial charge is 0.335 e. The summed E-state index contributed by atoms with van der Waals surface area (Å²) in [6.07, 6.45) is 2.72. The van der Waals surface area contributed by atoms with E-state index in [-0.39, 0.29) is 11.7 Å². The van der Waals surface area contributed by atoms with Gasteiger partial charge in [-0.3, -0.25) is 4.79 Å². The van der Waals surface area contributed by atoms with Crippen LogP contribution in [-0.2, 0) is 11.3 Å². The van der Waals surface area contributed by atoms with Gasteiger partial charge in [-0.2, -0.15) is 0 Å². The maximum Gasteiger partial charge on any atom is 0.223 e. The first kappa shape index (κ1) is 16.4. The van der Waals surface area contributed by atoms with Gasteiger partial charge >= 0.3 is 0 Å². The Morgan fingerprint density at radius 1 is 1.22 bits per heavy atom. The topological polar surface area (TPSA) is 23.6 Å². The summed E-state index contributed by atoms with van der Waals surface area (Å²) in [6.45, 7) is 8.47. The second kappa shape index (κ2) is 7.00. The summed E-state index contributed by atoms with van der Waals surface area (Å²) in [5, 5.41) is 0. The maximum absolute atomic E-state index is 13.1. The van der Waals surface area contributed by atoms with E-state index in [0.717, 1.165) is 38.0 Å². The second-order valence-electron chi connectivity index (χ2n) is 7.46. The van der Waals surface area contributed by atoms with Crippen LogP contribution in [-0.4, -0.2) is 41.4 Å². The minimum absolute atomic E-state index is 0.224. The van der Waals surface area contributed by atoms with Gasteiger partial charge in [0.25, 0.3) is 0 Å². The van der Waals surface area contributed by atoms with Crippen molar-refractivity contribution in [3.8, 4) is 0 Å². The lowest BCUT2D eigenvalue weighted by Crippen LogP contribution is -2.55. The number of amides is 1. The van der Waals surface area contributed by atoms with E-state index in [1.807, 2.05) is 4.90 Å². The molecule has 3 rings (SSSR count). The van der Waals surface area contributed by atoms with Crippen molar-refractivity contribution in [3.05, 3.63) is 35.6 Å². The summed E-state index contributed by atoms with van der Waals surface area (Å²) in [5.41, 5.74) is 1.02. The normalized spacial score (nSPS) is 25.7. The number of halogens is 1. The molecule has 3 nitrogen and oxygen atoms in total. The molecule has 1 aromatic rings. The number of nitrogens with zero attached hydrogens (tertiary/aromatic N) is 2. The Morgan fingerprint density at radius 3 is 2.65 bits per heavy atom. The number of hydrogen-bond donors (Lipinski definition) is 0. The number of carbonyl (C=O) groups excluding carboxylic acids is 1. The summed E-state index contributed by atoms with van der Waals surface area (Å²) in [4.78, 5) is 17.0. The maximum atomic E-state index is 13.1. The molecule has 1 amide bonds. The molecule has 0 unspecified atom stereocenters. The number of hydrogen-bond acceptors (Lipinski definition) is 2. The van der Waals surface area contributed by atoms with Crippen LogP contribution in [0.3, 0.4) is 0 Å². The Kier molecular flexibility index (Phi) is 5.00. The third kappa shape index (κ3) is 3.92. The molecule has 23 heavy (non-hydrogen) atoms. The van der Waals surface area contributed by atoms with Crippen molar-refractivity contribution in [2.75, 3.05) is 19.6 Å². The number of likely N-dealkylation sites (tertiary alicyclic amines) is 2. The van der Waals surface area contributed by atoms with Crippen molar-refractivity contribution in [1.29, 1.82) is 0 Å². The number of carbonyl (C=O) groups is 1. The van der Waals surface area contributed by atoms with Crippen LogP contribution in [0.5, 0.6) is 0 Å². The lowest BCUT2D eigenvalue weighted by atomic mass is 9.83. The van der Waals surface area contributed by atoms with Gasteiger partial charge in [-0.15, -0.1) is 0 Å². The quantitative estimate of drug-likeness (QED) is 0.850. The molecule has 0 aliphatic carbocycles. The Bertz CT molecular complexity index is 543. The molecule has 0 saturated carbocycles. The molecule has 0 N–H and O–H groups in total. The smallest absolute Gasteiger partial charge is 0.223 e. The first-order valence-electron chi connectivity index (χ1n) is 8.79. The van der Waals surface area contributed by atoms with Crippen LogP contribution in [0.2, 0.25) is 0 Å². The molecule has 0 radical (unpaired) electrons. The first-order chi connectivity index (χ1) is 11.0. The molecule has 2 aliphatic heterocycles. The summed E-state index contributed by atoms with van der Waals surface area (Å²) in [7, 11) is 0. The van der Waals surface area contributed by atoms with Gasteiger partial charge in [0.1, 0.15) is 5.82 Å². The molecule has 0 aromatic heterocycles. The van der Waals surface area contributed by atoms with Gasteiger partial charge < -0.3 is 9.80 Å². The summed E-state index contributed by atoms with van der Waals surface area (Å²) < 4.78 is 13.1. The van der Waals surface area contributed by atoms with E-state index in [4.69, 9.17) is 0 Å². The fourth-order valence-electron chi connectivity index (χ4n) is 4.10. The molecule has 1 aromatic carbocycles. The SMILES string of the molecule is CC(C)CN1CC[C@@H]2[C@@H](CCC(=O)N2Cc2ccc(F)cc2)C1. The Labute approximate surface area is 138 Å². The number of fused-ring (bicyclic) bond motifs is 1. The van der Waals surface area contributed by atoms with Gasteiger partial charge in [0.2, 0.25) is 5.91 Å². The van der Waals surface area contributed by atoms with Gasteiger partial charge in [0, 0.05) is 38.6 Å². The molecule has 2 atom stereocenters. The molecule has 0 bridgehead atoms. The van der Waals surface area contributed by atoms with E-state index in [2.05, 4.69) is 18.7 Å². The third-order valence-corrected chi connectivity index (χ3v) is 5.12. The average molecular weight is 318 g/mol. The zero-order valence-electron chi connectivity index (χ0n) is 14.2. The first-order valence-corrected chi connectivity index (χ1v) is 8.79. The number of piperidine rings is 2. The fraction of sp³-hybridized carbons (Fsp3) is 0.632. The summed E-state index contributed by atoms with van der Waals surface area (Å²) in [6, 6.07) is 6.89. The van der Waals surface area contributed by atoms with Crippen LogP contribution < -0.4 is 0 Å². The van der Waals surface area contributed by atoms with E-state index in [1.54, 1.807) is 12.1 Å². The zero-order chi connectivity index (χ0) is 16.4. The minimum Gasteiger partial charge on any atom is -0.335 e. The highest BCUT2D eigenvalue weighted by molar-refractivity contribution is 5.77. The molecule has 2 saturated heterocycles. The molecular weight excluding hydrogens is 291 g/mol.